The van der Waals surface area contributed by atoms with Crippen molar-refractivity contribution in [1.82, 2.24) is 4.90 Å². The van der Waals surface area contributed by atoms with Gasteiger partial charge < -0.3 is 26.2 Å². The van der Waals surface area contributed by atoms with Crippen molar-refractivity contribution in [3.8, 4) is 5.75 Å². The summed E-state index contributed by atoms with van der Waals surface area (Å²) >= 11 is 0. The number of primary amides is 1. The molecule has 0 aliphatic heterocycles. The second-order valence-electron chi connectivity index (χ2n) is 9.74. The van der Waals surface area contributed by atoms with Gasteiger partial charge in [0.15, 0.2) is 11.4 Å². The maximum Gasteiger partial charge on any atom is 0.255 e. The number of fused-ring (bicyclic) bond motifs is 3. The Labute approximate surface area is 201 Å². The fourth-order valence-corrected chi connectivity index (χ4v) is 6.17. The number of nitrogens with zero attached hydrogens (tertiary/aromatic N) is 1. The monoisotopic (exact) mass is 478 g/mol. The molecule has 0 aromatic heterocycles. The first-order valence-corrected chi connectivity index (χ1v) is 11.4. The fraction of sp³-hybridized carbons (Fsp3) is 0.346. The number of aliphatic hydroxyl groups excluding tert-OH is 2. The molecule has 4 aliphatic carbocycles. The Morgan fingerprint density at radius 2 is 1.89 bits per heavy atom. The number of rotatable bonds is 3. The van der Waals surface area contributed by atoms with Gasteiger partial charge in [0.1, 0.15) is 22.8 Å². The number of phenolic OH excluding ortho intramolecular Hbond substituents is 1. The molecule has 0 saturated heterocycles. The van der Waals surface area contributed by atoms with Crippen LogP contribution in [0.4, 0.5) is 0 Å². The Kier molecular flexibility index (Phi) is 5.05. The summed E-state index contributed by atoms with van der Waals surface area (Å²) in [7, 11) is 3.14. The average Bonchev–Trinajstić information content (AvgIpc) is 3.30. The van der Waals surface area contributed by atoms with E-state index in [0.29, 0.717) is 5.56 Å². The van der Waals surface area contributed by atoms with Crippen molar-refractivity contribution < 1.29 is 34.8 Å². The van der Waals surface area contributed by atoms with Crippen LogP contribution in [0.2, 0.25) is 0 Å². The number of benzene rings is 1. The van der Waals surface area contributed by atoms with E-state index in [1.165, 1.54) is 11.0 Å². The lowest BCUT2D eigenvalue weighted by Crippen LogP contribution is -2.65. The first-order valence-electron chi connectivity index (χ1n) is 11.4. The predicted molar refractivity (Wildman–Crippen MR) is 126 cm³/mol. The summed E-state index contributed by atoms with van der Waals surface area (Å²) in [6.07, 6.45) is 7.05. The smallest absolute Gasteiger partial charge is 0.255 e. The zero-order valence-corrected chi connectivity index (χ0v) is 19.3. The molecule has 182 valence electrons. The summed E-state index contributed by atoms with van der Waals surface area (Å²) in [5.74, 6) is -6.52. The van der Waals surface area contributed by atoms with Gasteiger partial charge in [-0.25, -0.2) is 0 Å². The molecule has 0 radical (unpaired) electrons. The lowest BCUT2D eigenvalue weighted by atomic mass is 9.57. The van der Waals surface area contributed by atoms with Crippen LogP contribution in [0.3, 0.4) is 0 Å². The lowest BCUT2D eigenvalue weighted by molar-refractivity contribution is -0.153. The second kappa shape index (κ2) is 7.66. The van der Waals surface area contributed by atoms with E-state index in [1.54, 1.807) is 20.2 Å². The summed E-state index contributed by atoms with van der Waals surface area (Å²) in [6, 6.07) is 2.10. The molecule has 35 heavy (non-hydrogen) atoms. The number of hydrogen-bond acceptors (Lipinski definition) is 8. The van der Waals surface area contributed by atoms with Crippen LogP contribution in [-0.2, 0) is 20.8 Å². The quantitative estimate of drug-likeness (QED) is 0.406. The Hall–Kier alpha value is -3.69. The molecule has 1 fully saturated rings. The zero-order valence-electron chi connectivity index (χ0n) is 19.3. The Bertz CT molecular complexity index is 1330. The minimum Gasteiger partial charge on any atom is -0.508 e. The van der Waals surface area contributed by atoms with Gasteiger partial charge in [0, 0.05) is 11.5 Å². The van der Waals surface area contributed by atoms with Crippen molar-refractivity contribution in [2.45, 2.75) is 30.9 Å². The standard InChI is InChI=1S/C26H26N2O7/c1-28(2)20-15-10-12-9-14-13(11-5-3-4-6-11)7-8-16(29)18(14)21(30)17(12)23(32)26(15,35)24(33)19(22(20)31)25(27)34/h3,5-8,12,15,20,29-30,33,35H,4,9-10H2,1-2H3,(H2,27,34)/t12-,15-,20-,26-/m1/s1. The van der Waals surface area contributed by atoms with Gasteiger partial charge in [0.25, 0.3) is 5.91 Å². The van der Waals surface area contributed by atoms with E-state index >= 15 is 0 Å². The normalized spacial score (nSPS) is 29.8. The van der Waals surface area contributed by atoms with Crippen LogP contribution in [-0.4, -0.2) is 68.5 Å². The van der Waals surface area contributed by atoms with E-state index in [0.717, 1.165) is 17.6 Å². The molecule has 9 nitrogen and oxygen atoms in total. The third kappa shape index (κ3) is 2.98. The Morgan fingerprint density at radius 3 is 2.49 bits per heavy atom. The van der Waals surface area contributed by atoms with Crippen LogP contribution in [0.5, 0.6) is 5.75 Å². The van der Waals surface area contributed by atoms with E-state index < -0.39 is 58.0 Å². The number of aliphatic hydroxyl groups is 3. The van der Waals surface area contributed by atoms with Crippen LogP contribution in [0, 0.1) is 11.8 Å². The molecule has 5 rings (SSSR count). The Balaban J connectivity index is 1.74. The minimum absolute atomic E-state index is 0.0652. The Morgan fingerprint density at radius 1 is 1.17 bits per heavy atom. The van der Waals surface area contributed by atoms with Gasteiger partial charge in [0.2, 0.25) is 5.78 Å². The van der Waals surface area contributed by atoms with Gasteiger partial charge in [0.05, 0.1) is 11.6 Å². The van der Waals surface area contributed by atoms with E-state index in [1.807, 2.05) is 18.2 Å². The number of amides is 1. The molecular formula is C26H26N2O7. The lowest BCUT2D eigenvalue weighted by Gasteiger charge is -2.50. The number of carbonyl (C=O) groups excluding carboxylic acids is 3. The number of phenols is 1. The molecule has 1 amide bonds. The topological polar surface area (TPSA) is 161 Å². The predicted octanol–water partition coefficient (Wildman–Crippen LogP) is 1.31. The van der Waals surface area contributed by atoms with Gasteiger partial charge in [-0.2, -0.15) is 0 Å². The molecule has 4 atom stereocenters. The highest BCUT2D eigenvalue weighted by Gasteiger charge is 2.64. The summed E-state index contributed by atoms with van der Waals surface area (Å²) in [4.78, 5) is 40.4. The molecule has 4 aliphatic rings. The van der Waals surface area contributed by atoms with Crippen LogP contribution >= 0.6 is 0 Å². The molecule has 0 unspecified atom stereocenters. The number of aromatic hydroxyl groups is 1. The highest BCUT2D eigenvalue weighted by molar-refractivity contribution is 6.24. The third-order valence-corrected chi connectivity index (χ3v) is 7.69. The van der Waals surface area contributed by atoms with Crippen molar-refractivity contribution in [1.29, 1.82) is 0 Å². The van der Waals surface area contributed by atoms with Crippen molar-refractivity contribution >= 4 is 28.8 Å². The van der Waals surface area contributed by atoms with Crippen molar-refractivity contribution in [2.24, 2.45) is 17.6 Å². The van der Waals surface area contributed by atoms with E-state index in [4.69, 9.17) is 5.73 Å². The zero-order chi connectivity index (χ0) is 25.4. The summed E-state index contributed by atoms with van der Waals surface area (Å²) in [6.45, 7) is 0. The number of Topliss-reactive ketones (excluding diaryl/α,β-unsaturated/α-hetero) is 2. The summed E-state index contributed by atoms with van der Waals surface area (Å²) in [5, 5.41) is 44.3. The van der Waals surface area contributed by atoms with Gasteiger partial charge in [-0.05, 0) is 62.0 Å². The third-order valence-electron chi connectivity index (χ3n) is 7.69. The summed E-state index contributed by atoms with van der Waals surface area (Å²) in [5.41, 5.74) is 4.23. The van der Waals surface area contributed by atoms with Crippen molar-refractivity contribution in [3.63, 3.8) is 0 Å². The van der Waals surface area contributed by atoms with Crippen molar-refractivity contribution in [3.05, 3.63) is 64.0 Å². The molecule has 0 bridgehead atoms. The van der Waals surface area contributed by atoms with Crippen molar-refractivity contribution in [2.75, 3.05) is 14.1 Å². The van der Waals surface area contributed by atoms with Crippen LogP contribution < -0.4 is 5.73 Å². The highest BCUT2D eigenvalue weighted by Crippen LogP contribution is 2.53. The highest BCUT2D eigenvalue weighted by atomic mass is 16.3. The van der Waals surface area contributed by atoms with E-state index in [9.17, 15) is 34.8 Å². The maximum absolute atomic E-state index is 13.8. The first-order chi connectivity index (χ1) is 16.5. The minimum atomic E-state index is -2.63. The van der Waals surface area contributed by atoms with Crippen LogP contribution in [0.25, 0.3) is 11.3 Å². The van der Waals surface area contributed by atoms with Gasteiger partial charge in [-0.15, -0.1) is 0 Å². The SMILES string of the molecule is CN(C)[C@H]1C(=O)C(C(N)=O)=C(O)[C@]2(O)C(=O)C3=C(O)c4c(O)ccc(C5=CCC=C5)c4C[C@@H]3C[C@H]12. The molecule has 0 spiro atoms. The van der Waals surface area contributed by atoms with E-state index in [-0.39, 0.29) is 29.7 Å². The fourth-order valence-electron chi connectivity index (χ4n) is 6.17. The van der Waals surface area contributed by atoms with Gasteiger partial charge in [-0.3, -0.25) is 19.3 Å². The molecule has 1 saturated carbocycles. The largest absolute Gasteiger partial charge is 0.508 e. The molecule has 1 aromatic carbocycles. The van der Waals surface area contributed by atoms with Gasteiger partial charge in [-0.1, -0.05) is 24.3 Å². The van der Waals surface area contributed by atoms with Gasteiger partial charge >= 0.3 is 0 Å². The molecule has 1 aromatic rings. The number of likely N-dealkylation sites (N-methyl/N-ethyl adjacent to an activating group) is 1. The second-order valence-corrected chi connectivity index (χ2v) is 9.74. The number of hydrogen-bond donors (Lipinski definition) is 5. The molecule has 0 heterocycles. The number of ketones is 2. The maximum atomic E-state index is 13.8. The van der Waals surface area contributed by atoms with Crippen LogP contribution in [0.15, 0.2) is 47.3 Å². The summed E-state index contributed by atoms with van der Waals surface area (Å²) < 4.78 is 0. The molecular weight excluding hydrogens is 452 g/mol. The molecule has 6 N–H and O–H groups in total. The van der Waals surface area contributed by atoms with Crippen LogP contribution in [0.1, 0.15) is 29.5 Å². The van der Waals surface area contributed by atoms with E-state index in [2.05, 4.69) is 0 Å². The first kappa shape index (κ1) is 23.1. The molecule has 9 heteroatoms. The number of nitrogens with two attached hydrogens (primary N) is 1. The number of allylic oxidation sites excluding steroid dienone is 4. The average molecular weight is 479 g/mol. The number of carbonyl (C=O) groups is 3.